The molecule has 0 aliphatic rings. The molecule has 0 unspecified atom stereocenters. The molecule has 1 aromatic heterocycles. The van der Waals surface area contributed by atoms with Gasteiger partial charge in [0.15, 0.2) is 0 Å². The molecule has 0 fully saturated rings. The summed E-state index contributed by atoms with van der Waals surface area (Å²) in [4.78, 5) is 4.91. The molecule has 0 aliphatic carbocycles. The highest BCUT2D eigenvalue weighted by atomic mass is 127. The third-order valence-electron chi connectivity index (χ3n) is 4.19. The molecule has 0 spiro atoms. The maximum atomic E-state index is 6.20. The fourth-order valence-corrected chi connectivity index (χ4v) is 3.44. The SMILES string of the molecule is Clc1cccc(-c2cc(-c3ccccc3)cc(-c3ccc(I)cc3)n2)c1. The lowest BCUT2D eigenvalue weighted by Crippen LogP contribution is -1.91. The Hall–Kier alpha value is -2.17. The summed E-state index contributed by atoms with van der Waals surface area (Å²) in [7, 11) is 0. The predicted octanol–water partition coefficient (Wildman–Crippen LogP) is 7.34. The molecule has 126 valence electrons. The van der Waals surface area contributed by atoms with Crippen LogP contribution < -0.4 is 0 Å². The van der Waals surface area contributed by atoms with Gasteiger partial charge in [-0.1, -0.05) is 66.2 Å². The van der Waals surface area contributed by atoms with Crippen molar-refractivity contribution >= 4 is 34.2 Å². The van der Waals surface area contributed by atoms with E-state index in [1.165, 1.54) is 9.13 Å². The molecule has 4 aromatic rings. The highest BCUT2D eigenvalue weighted by molar-refractivity contribution is 14.1. The van der Waals surface area contributed by atoms with Crippen LogP contribution in [0, 0.1) is 3.57 Å². The maximum absolute atomic E-state index is 6.20. The first-order chi connectivity index (χ1) is 12.7. The predicted molar refractivity (Wildman–Crippen MR) is 118 cm³/mol. The lowest BCUT2D eigenvalue weighted by Gasteiger charge is -2.10. The molecule has 0 amide bonds. The standard InChI is InChI=1S/C23H15ClIN/c24-20-8-4-7-18(13-20)23-15-19(16-5-2-1-3-6-16)14-22(26-23)17-9-11-21(25)12-10-17/h1-15H. The van der Waals surface area contributed by atoms with Gasteiger partial charge in [-0.05, 0) is 70.1 Å². The van der Waals surface area contributed by atoms with Crippen LogP contribution >= 0.6 is 34.2 Å². The Kier molecular flexibility index (Phi) is 5.05. The lowest BCUT2D eigenvalue weighted by molar-refractivity contribution is 1.32. The van der Waals surface area contributed by atoms with E-state index in [0.29, 0.717) is 5.02 Å². The number of benzene rings is 3. The summed E-state index contributed by atoms with van der Waals surface area (Å²) < 4.78 is 1.21. The Balaban J connectivity index is 1.91. The minimum Gasteiger partial charge on any atom is -0.248 e. The Labute approximate surface area is 171 Å². The summed E-state index contributed by atoms with van der Waals surface area (Å²) >= 11 is 8.51. The van der Waals surface area contributed by atoms with Crippen molar-refractivity contribution in [1.82, 2.24) is 4.98 Å². The molecule has 1 heterocycles. The number of pyridine rings is 1. The van der Waals surface area contributed by atoms with Crippen molar-refractivity contribution in [2.45, 2.75) is 0 Å². The maximum Gasteiger partial charge on any atom is 0.0716 e. The minimum absolute atomic E-state index is 0.713. The summed E-state index contributed by atoms with van der Waals surface area (Å²) in [5.41, 5.74) is 6.31. The van der Waals surface area contributed by atoms with Gasteiger partial charge in [0, 0.05) is 19.7 Å². The van der Waals surface area contributed by atoms with Gasteiger partial charge < -0.3 is 0 Å². The van der Waals surface area contributed by atoms with E-state index in [1.807, 2.05) is 30.3 Å². The summed E-state index contributed by atoms with van der Waals surface area (Å²) in [5, 5.41) is 0.713. The third kappa shape index (κ3) is 3.81. The van der Waals surface area contributed by atoms with E-state index in [0.717, 1.165) is 28.1 Å². The van der Waals surface area contributed by atoms with E-state index in [-0.39, 0.29) is 0 Å². The minimum atomic E-state index is 0.713. The van der Waals surface area contributed by atoms with Gasteiger partial charge in [0.1, 0.15) is 0 Å². The van der Waals surface area contributed by atoms with Gasteiger partial charge in [0.25, 0.3) is 0 Å². The van der Waals surface area contributed by atoms with E-state index in [2.05, 4.69) is 83.3 Å². The smallest absolute Gasteiger partial charge is 0.0716 e. The van der Waals surface area contributed by atoms with E-state index >= 15 is 0 Å². The van der Waals surface area contributed by atoms with E-state index in [4.69, 9.17) is 16.6 Å². The fraction of sp³-hybridized carbons (Fsp3) is 0. The Morgan fingerprint density at radius 1 is 0.577 bits per heavy atom. The largest absolute Gasteiger partial charge is 0.248 e. The van der Waals surface area contributed by atoms with Gasteiger partial charge >= 0.3 is 0 Å². The van der Waals surface area contributed by atoms with Crippen LogP contribution in [0.15, 0.2) is 91.0 Å². The quantitative estimate of drug-likeness (QED) is 0.287. The normalized spacial score (nSPS) is 10.7. The van der Waals surface area contributed by atoms with E-state index in [9.17, 15) is 0 Å². The second kappa shape index (κ2) is 7.60. The first-order valence-corrected chi connectivity index (χ1v) is 9.74. The summed E-state index contributed by atoms with van der Waals surface area (Å²) in [5.74, 6) is 0. The average molecular weight is 468 g/mol. The van der Waals surface area contributed by atoms with Crippen LogP contribution in [0.4, 0.5) is 0 Å². The monoisotopic (exact) mass is 467 g/mol. The van der Waals surface area contributed by atoms with Crippen LogP contribution in [0.3, 0.4) is 0 Å². The van der Waals surface area contributed by atoms with E-state index < -0.39 is 0 Å². The van der Waals surface area contributed by atoms with Gasteiger partial charge in [-0.25, -0.2) is 4.98 Å². The van der Waals surface area contributed by atoms with Crippen LogP contribution in [0.1, 0.15) is 0 Å². The molecule has 0 aliphatic heterocycles. The van der Waals surface area contributed by atoms with Gasteiger partial charge in [-0.15, -0.1) is 0 Å². The van der Waals surface area contributed by atoms with Crippen molar-refractivity contribution in [3.63, 3.8) is 0 Å². The third-order valence-corrected chi connectivity index (χ3v) is 5.15. The number of hydrogen-bond donors (Lipinski definition) is 0. The van der Waals surface area contributed by atoms with Crippen molar-refractivity contribution in [3.05, 3.63) is 99.6 Å². The van der Waals surface area contributed by atoms with Crippen LogP contribution in [-0.2, 0) is 0 Å². The molecule has 1 nitrogen and oxygen atoms in total. The van der Waals surface area contributed by atoms with Gasteiger partial charge in [0.05, 0.1) is 11.4 Å². The zero-order chi connectivity index (χ0) is 17.9. The lowest BCUT2D eigenvalue weighted by atomic mass is 10.00. The van der Waals surface area contributed by atoms with Crippen molar-refractivity contribution in [2.24, 2.45) is 0 Å². The topological polar surface area (TPSA) is 12.9 Å². The molecule has 26 heavy (non-hydrogen) atoms. The zero-order valence-electron chi connectivity index (χ0n) is 13.9. The number of nitrogens with zero attached hydrogens (tertiary/aromatic N) is 1. The molecule has 0 radical (unpaired) electrons. The number of rotatable bonds is 3. The van der Waals surface area contributed by atoms with Crippen molar-refractivity contribution in [2.75, 3.05) is 0 Å². The Morgan fingerprint density at radius 3 is 1.92 bits per heavy atom. The number of aromatic nitrogens is 1. The molecule has 0 N–H and O–H groups in total. The zero-order valence-corrected chi connectivity index (χ0v) is 16.8. The second-order valence-corrected chi connectivity index (χ2v) is 7.69. The van der Waals surface area contributed by atoms with Crippen molar-refractivity contribution in [1.29, 1.82) is 0 Å². The van der Waals surface area contributed by atoms with Crippen LogP contribution in [0.5, 0.6) is 0 Å². The first-order valence-electron chi connectivity index (χ1n) is 8.28. The summed E-state index contributed by atoms with van der Waals surface area (Å²) in [6.45, 7) is 0. The molecular weight excluding hydrogens is 453 g/mol. The molecule has 0 saturated heterocycles. The molecule has 0 bridgehead atoms. The van der Waals surface area contributed by atoms with Crippen molar-refractivity contribution < 1.29 is 0 Å². The van der Waals surface area contributed by atoms with Crippen LogP contribution in [-0.4, -0.2) is 4.98 Å². The van der Waals surface area contributed by atoms with Gasteiger partial charge in [0.2, 0.25) is 0 Å². The molecule has 3 aromatic carbocycles. The first kappa shape index (κ1) is 17.3. The highest BCUT2D eigenvalue weighted by Crippen LogP contribution is 2.31. The number of halogens is 2. The second-order valence-electron chi connectivity index (χ2n) is 6.01. The Morgan fingerprint density at radius 2 is 1.23 bits per heavy atom. The summed E-state index contributed by atoms with van der Waals surface area (Å²) in [6, 6.07) is 30.9. The van der Waals surface area contributed by atoms with Crippen LogP contribution in [0.2, 0.25) is 5.02 Å². The Bertz CT molecular complexity index is 1040. The van der Waals surface area contributed by atoms with E-state index in [1.54, 1.807) is 0 Å². The molecule has 3 heteroatoms. The van der Waals surface area contributed by atoms with Gasteiger partial charge in [-0.2, -0.15) is 0 Å². The molecule has 4 rings (SSSR count). The summed E-state index contributed by atoms with van der Waals surface area (Å²) in [6.07, 6.45) is 0. The highest BCUT2D eigenvalue weighted by Gasteiger charge is 2.09. The molecular formula is C23H15ClIN. The van der Waals surface area contributed by atoms with Crippen LogP contribution in [0.25, 0.3) is 33.6 Å². The van der Waals surface area contributed by atoms with Crippen molar-refractivity contribution in [3.8, 4) is 33.6 Å². The molecule has 0 saturated carbocycles. The number of hydrogen-bond acceptors (Lipinski definition) is 1. The van der Waals surface area contributed by atoms with Gasteiger partial charge in [-0.3, -0.25) is 0 Å². The average Bonchev–Trinajstić information content (AvgIpc) is 2.69. The fourth-order valence-electron chi connectivity index (χ4n) is 2.89. The molecule has 0 atom stereocenters.